The Morgan fingerprint density at radius 2 is 2.00 bits per heavy atom. The average Bonchev–Trinajstić information content (AvgIpc) is 2.35. The SMILES string of the molecule is COC(C)COc1ccc2ccc(C)nc2c1. The monoisotopic (exact) mass is 231 g/mol. The van der Waals surface area contributed by atoms with Crippen molar-refractivity contribution in [2.45, 2.75) is 20.0 Å². The number of aryl methyl sites for hydroxylation is 1. The van der Waals surface area contributed by atoms with Crippen LogP contribution in [0.5, 0.6) is 5.75 Å². The fourth-order valence-corrected chi connectivity index (χ4v) is 1.57. The quantitative estimate of drug-likeness (QED) is 0.810. The third-order valence-electron chi connectivity index (χ3n) is 2.69. The zero-order valence-corrected chi connectivity index (χ0v) is 10.4. The maximum Gasteiger partial charge on any atom is 0.121 e. The molecule has 0 spiro atoms. The summed E-state index contributed by atoms with van der Waals surface area (Å²) < 4.78 is 10.8. The molecule has 0 radical (unpaired) electrons. The van der Waals surface area contributed by atoms with Crippen LogP contribution in [0.2, 0.25) is 0 Å². The van der Waals surface area contributed by atoms with Crippen molar-refractivity contribution < 1.29 is 9.47 Å². The number of rotatable bonds is 4. The minimum atomic E-state index is 0.0937. The topological polar surface area (TPSA) is 31.4 Å². The van der Waals surface area contributed by atoms with Gasteiger partial charge < -0.3 is 9.47 Å². The predicted molar refractivity (Wildman–Crippen MR) is 68.4 cm³/mol. The van der Waals surface area contributed by atoms with Crippen LogP contribution in [-0.4, -0.2) is 24.8 Å². The molecule has 1 unspecified atom stereocenters. The molecule has 0 saturated carbocycles. The molecule has 0 fully saturated rings. The Kier molecular flexibility index (Phi) is 3.59. The molecule has 0 bridgehead atoms. The van der Waals surface area contributed by atoms with Crippen LogP contribution >= 0.6 is 0 Å². The molecular formula is C14H17NO2. The van der Waals surface area contributed by atoms with Gasteiger partial charge in [0.25, 0.3) is 0 Å². The van der Waals surface area contributed by atoms with Crippen LogP contribution < -0.4 is 4.74 Å². The molecule has 3 nitrogen and oxygen atoms in total. The van der Waals surface area contributed by atoms with E-state index in [-0.39, 0.29) is 6.10 Å². The Balaban J connectivity index is 2.19. The average molecular weight is 231 g/mol. The molecule has 2 aromatic rings. The van der Waals surface area contributed by atoms with Crippen LogP contribution in [0, 0.1) is 6.92 Å². The largest absolute Gasteiger partial charge is 0.491 e. The van der Waals surface area contributed by atoms with Crippen LogP contribution in [0.4, 0.5) is 0 Å². The lowest BCUT2D eigenvalue weighted by atomic mass is 10.2. The lowest BCUT2D eigenvalue weighted by molar-refractivity contribution is 0.0717. The highest BCUT2D eigenvalue weighted by atomic mass is 16.5. The molecule has 0 amide bonds. The zero-order chi connectivity index (χ0) is 12.3. The highest BCUT2D eigenvalue weighted by Crippen LogP contribution is 2.19. The molecular weight excluding hydrogens is 214 g/mol. The number of nitrogens with zero attached hydrogens (tertiary/aromatic N) is 1. The van der Waals surface area contributed by atoms with Crippen LogP contribution in [0.25, 0.3) is 10.9 Å². The third kappa shape index (κ3) is 2.94. The first-order valence-electron chi connectivity index (χ1n) is 5.72. The summed E-state index contributed by atoms with van der Waals surface area (Å²) in [6.07, 6.45) is 0.0937. The van der Waals surface area contributed by atoms with E-state index in [0.29, 0.717) is 6.61 Å². The molecule has 0 aliphatic carbocycles. The summed E-state index contributed by atoms with van der Waals surface area (Å²) in [6.45, 7) is 4.51. The number of ether oxygens (including phenoxy) is 2. The molecule has 3 heteroatoms. The van der Waals surface area contributed by atoms with Gasteiger partial charge in [0.15, 0.2) is 0 Å². The molecule has 17 heavy (non-hydrogen) atoms. The second-order valence-corrected chi connectivity index (χ2v) is 4.16. The van der Waals surface area contributed by atoms with E-state index in [1.54, 1.807) is 7.11 Å². The van der Waals surface area contributed by atoms with E-state index in [9.17, 15) is 0 Å². The van der Waals surface area contributed by atoms with Gasteiger partial charge in [-0.3, -0.25) is 4.98 Å². The summed E-state index contributed by atoms with van der Waals surface area (Å²) in [6, 6.07) is 10.0. The van der Waals surface area contributed by atoms with Crippen molar-refractivity contribution >= 4 is 10.9 Å². The van der Waals surface area contributed by atoms with E-state index in [2.05, 4.69) is 11.1 Å². The minimum absolute atomic E-state index is 0.0937. The molecule has 1 atom stereocenters. The minimum Gasteiger partial charge on any atom is -0.491 e. The van der Waals surface area contributed by atoms with Crippen LogP contribution in [0.1, 0.15) is 12.6 Å². The number of hydrogen-bond acceptors (Lipinski definition) is 3. The molecule has 2 rings (SSSR count). The van der Waals surface area contributed by atoms with Gasteiger partial charge in [0.1, 0.15) is 12.4 Å². The highest BCUT2D eigenvalue weighted by Gasteiger charge is 2.02. The van der Waals surface area contributed by atoms with Gasteiger partial charge in [-0.2, -0.15) is 0 Å². The Hall–Kier alpha value is -1.61. The zero-order valence-electron chi connectivity index (χ0n) is 10.4. The van der Waals surface area contributed by atoms with Crippen molar-refractivity contribution in [2.24, 2.45) is 0 Å². The fraction of sp³-hybridized carbons (Fsp3) is 0.357. The van der Waals surface area contributed by atoms with Gasteiger partial charge in [-0.15, -0.1) is 0 Å². The first-order chi connectivity index (χ1) is 8.19. The van der Waals surface area contributed by atoms with Crippen LogP contribution in [0.15, 0.2) is 30.3 Å². The molecule has 1 aromatic heterocycles. The molecule has 1 heterocycles. The summed E-state index contributed by atoms with van der Waals surface area (Å²) in [5.74, 6) is 0.833. The summed E-state index contributed by atoms with van der Waals surface area (Å²) in [5, 5.41) is 1.13. The van der Waals surface area contributed by atoms with Crippen molar-refractivity contribution in [3.8, 4) is 5.75 Å². The van der Waals surface area contributed by atoms with E-state index >= 15 is 0 Å². The second-order valence-electron chi connectivity index (χ2n) is 4.16. The molecule has 0 saturated heterocycles. The van der Waals surface area contributed by atoms with Crippen molar-refractivity contribution in [1.29, 1.82) is 0 Å². The van der Waals surface area contributed by atoms with E-state index in [4.69, 9.17) is 9.47 Å². The van der Waals surface area contributed by atoms with Crippen LogP contribution in [-0.2, 0) is 4.74 Å². The standard InChI is InChI=1S/C14H17NO2/c1-10-4-5-12-6-7-13(8-14(12)15-10)17-9-11(2)16-3/h4-8,11H,9H2,1-3H3. The van der Waals surface area contributed by atoms with Gasteiger partial charge in [0.2, 0.25) is 0 Å². The molecule has 1 aromatic carbocycles. The highest BCUT2D eigenvalue weighted by molar-refractivity contribution is 5.80. The molecule has 90 valence electrons. The normalized spacial score (nSPS) is 12.6. The van der Waals surface area contributed by atoms with Gasteiger partial charge in [0, 0.05) is 24.3 Å². The fourth-order valence-electron chi connectivity index (χ4n) is 1.57. The van der Waals surface area contributed by atoms with Crippen molar-refractivity contribution in [2.75, 3.05) is 13.7 Å². The number of aromatic nitrogens is 1. The third-order valence-corrected chi connectivity index (χ3v) is 2.69. The molecule has 0 N–H and O–H groups in total. The number of pyridine rings is 1. The van der Waals surface area contributed by atoms with Gasteiger partial charge in [-0.1, -0.05) is 6.07 Å². The number of benzene rings is 1. The summed E-state index contributed by atoms with van der Waals surface area (Å²) in [4.78, 5) is 4.47. The predicted octanol–water partition coefficient (Wildman–Crippen LogP) is 2.96. The van der Waals surface area contributed by atoms with Gasteiger partial charge >= 0.3 is 0 Å². The summed E-state index contributed by atoms with van der Waals surface area (Å²) >= 11 is 0. The first kappa shape index (κ1) is 11.9. The number of hydrogen-bond donors (Lipinski definition) is 0. The number of methoxy groups -OCH3 is 1. The maximum absolute atomic E-state index is 5.64. The lowest BCUT2D eigenvalue weighted by Crippen LogP contribution is -2.15. The van der Waals surface area contributed by atoms with E-state index < -0.39 is 0 Å². The van der Waals surface area contributed by atoms with E-state index in [1.165, 1.54) is 0 Å². The first-order valence-corrected chi connectivity index (χ1v) is 5.72. The van der Waals surface area contributed by atoms with E-state index in [0.717, 1.165) is 22.3 Å². The van der Waals surface area contributed by atoms with Gasteiger partial charge in [0.05, 0.1) is 11.6 Å². The van der Waals surface area contributed by atoms with Gasteiger partial charge in [-0.05, 0) is 32.0 Å². The van der Waals surface area contributed by atoms with Crippen molar-refractivity contribution in [3.05, 3.63) is 36.0 Å². The van der Waals surface area contributed by atoms with Crippen molar-refractivity contribution in [3.63, 3.8) is 0 Å². The Labute approximate surface area is 101 Å². The Bertz CT molecular complexity index is 511. The summed E-state index contributed by atoms with van der Waals surface area (Å²) in [7, 11) is 1.68. The van der Waals surface area contributed by atoms with Crippen molar-refractivity contribution in [1.82, 2.24) is 4.98 Å². The summed E-state index contributed by atoms with van der Waals surface area (Å²) in [5.41, 5.74) is 1.98. The Morgan fingerprint density at radius 3 is 2.76 bits per heavy atom. The second kappa shape index (κ2) is 5.15. The maximum atomic E-state index is 5.64. The Morgan fingerprint density at radius 1 is 1.24 bits per heavy atom. The number of fused-ring (bicyclic) bond motifs is 1. The van der Waals surface area contributed by atoms with E-state index in [1.807, 2.05) is 38.1 Å². The smallest absolute Gasteiger partial charge is 0.121 e. The molecule has 0 aliphatic rings. The molecule has 0 aliphatic heterocycles. The van der Waals surface area contributed by atoms with Gasteiger partial charge in [-0.25, -0.2) is 0 Å². The lowest BCUT2D eigenvalue weighted by Gasteiger charge is -2.11. The van der Waals surface area contributed by atoms with Crippen LogP contribution in [0.3, 0.4) is 0 Å².